The van der Waals surface area contributed by atoms with Gasteiger partial charge in [-0.15, -0.1) is 0 Å². The summed E-state index contributed by atoms with van der Waals surface area (Å²) in [6.45, 7) is 6.12. The Balaban J connectivity index is 2.18. The fraction of sp³-hybridized carbons (Fsp3) is 0.700. The van der Waals surface area contributed by atoms with Crippen molar-refractivity contribution in [2.75, 3.05) is 26.7 Å². The van der Waals surface area contributed by atoms with Crippen LogP contribution in [-0.2, 0) is 4.74 Å². The first kappa shape index (κ1) is 12.5. The number of guanidine groups is 1. The molecule has 1 rings (SSSR count). The molecule has 0 amide bonds. The molecule has 4 nitrogen and oxygen atoms in total. The Kier molecular flexibility index (Phi) is 5.71. The molecule has 0 aromatic rings. The van der Waals surface area contributed by atoms with Gasteiger partial charge in [-0.05, 0) is 12.8 Å². The zero-order chi connectivity index (χ0) is 11.1. The van der Waals surface area contributed by atoms with Gasteiger partial charge >= 0.3 is 0 Å². The van der Waals surface area contributed by atoms with Crippen LogP contribution in [0.2, 0.25) is 0 Å². The molecule has 86 valence electrons. The highest BCUT2D eigenvalue weighted by atomic mass is 79.9. The van der Waals surface area contributed by atoms with Gasteiger partial charge in [0.25, 0.3) is 0 Å². The Bertz CT molecular complexity index is 237. The van der Waals surface area contributed by atoms with Crippen LogP contribution in [-0.4, -0.2) is 38.8 Å². The molecule has 2 N–H and O–H groups in total. The maximum Gasteiger partial charge on any atom is 0.191 e. The molecule has 15 heavy (non-hydrogen) atoms. The Morgan fingerprint density at radius 1 is 1.60 bits per heavy atom. The number of aliphatic imine (C=N–C) groups is 1. The van der Waals surface area contributed by atoms with E-state index in [0.717, 1.165) is 36.4 Å². The van der Waals surface area contributed by atoms with E-state index in [9.17, 15) is 0 Å². The molecule has 1 unspecified atom stereocenters. The van der Waals surface area contributed by atoms with Crippen LogP contribution in [0.4, 0.5) is 0 Å². The Morgan fingerprint density at radius 2 is 2.40 bits per heavy atom. The van der Waals surface area contributed by atoms with E-state index in [4.69, 9.17) is 4.74 Å². The lowest BCUT2D eigenvalue weighted by molar-refractivity contribution is 0.114. The fourth-order valence-electron chi connectivity index (χ4n) is 1.42. The van der Waals surface area contributed by atoms with Crippen LogP contribution in [0.25, 0.3) is 0 Å². The molecule has 1 saturated heterocycles. The molecule has 1 atom stereocenters. The molecule has 1 fully saturated rings. The van der Waals surface area contributed by atoms with E-state index in [-0.39, 0.29) is 0 Å². The molecule has 0 radical (unpaired) electrons. The fourth-order valence-corrected chi connectivity index (χ4v) is 1.56. The van der Waals surface area contributed by atoms with Crippen LogP contribution in [0.1, 0.15) is 12.8 Å². The number of rotatable bonds is 4. The van der Waals surface area contributed by atoms with Gasteiger partial charge in [0.05, 0.1) is 6.10 Å². The van der Waals surface area contributed by atoms with Gasteiger partial charge in [-0.1, -0.05) is 22.5 Å². The summed E-state index contributed by atoms with van der Waals surface area (Å²) in [4.78, 5) is 4.10. The zero-order valence-corrected chi connectivity index (χ0v) is 10.6. The van der Waals surface area contributed by atoms with Crippen LogP contribution in [0.3, 0.4) is 0 Å². The van der Waals surface area contributed by atoms with Gasteiger partial charge in [0.15, 0.2) is 5.96 Å². The lowest BCUT2D eigenvalue weighted by Crippen LogP contribution is -2.41. The number of hydrogen-bond donors (Lipinski definition) is 2. The van der Waals surface area contributed by atoms with E-state index in [1.165, 1.54) is 0 Å². The van der Waals surface area contributed by atoms with Crippen LogP contribution < -0.4 is 10.6 Å². The summed E-state index contributed by atoms with van der Waals surface area (Å²) in [5.74, 6) is 0.783. The molecule has 0 bridgehead atoms. The van der Waals surface area contributed by atoms with E-state index in [2.05, 4.69) is 38.1 Å². The largest absolute Gasteiger partial charge is 0.376 e. The van der Waals surface area contributed by atoms with Gasteiger partial charge in [-0.2, -0.15) is 0 Å². The third-order valence-electron chi connectivity index (χ3n) is 2.19. The van der Waals surface area contributed by atoms with Gasteiger partial charge < -0.3 is 15.4 Å². The lowest BCUT2D eigenvalue weighted by Gasteiger charge is -2.14. The zero-order valence-electron chi connectivity index (χ0n) is 9.05. The van der Waals surface area contributed by atoms with E-state index >= 15 is 0 Å². The maximum atomic E-state index is 5.50. The van der Waals surface area contributed by atoms with E-state index in [1.54, 1.807) is 7.05 Å². The summed E-state index contributed by atoms with van der Waals surface area (Å²) in [6.07, 6.45) is 2.63. The Morgan fingerprint density at radius 3 is 2.93 bits per heavy atom. The van der Waals surface area contributed by atoms with Gasteiger partial charge in [-0.3, -0.25) is 4.99 Å². The van der Waals surface area contributed by atoms with Crippen molar-refractivity contribution in [1.29, 1.82) is 0 Å². The Labute approximate surface area is 99.3 Å². The SMILES string of the molecule is C=C(Br)CNC(=NC)NCC1CCCO1. The molecule has 0 aromatic carbocycles. The number of nitrogens with zero attached hydrogens (tertiary/aromatic N) is 1. The summed E-state index contributed by atoms with van der Waals surface area (Å²) in [6, 6.07) is 0. The first-order valence-electron chi connectivity index (χ1n) is 5.11. The molecule has 1 heterocycles. The molecule has 5 heteroatoms. The summed E-state index contributed by atoms with van der Waals surface area (Å²) < 4.78 is 6.41. The van der Waals surface area contributed by atoms with E-state index < -0.39 is 0 Å². The molecule has 1 aliphatic rings. The number of halogens is 1. The van der Waals surface area contributed by atoms with Crippen LogP contribution in [0, 0.1) is 0 Å². The van der Waals surface area contributed by atoms with Crippen molar-refractivity contribution < 1.29 is 4.74 Å². The van der Waals surface area contributed by atoms with Crippen molar-refractivity contribution in [3.63, 3.8) is 0 Å². The van der Waals surface area contributed by atoms with Crippen molar-refractivity contribution >= 4 is 21.9 Å². The molecule has 0 aliphatic carbocycles. The quantitative estimate of drug-likeness (QED) is 0.600. The van der Waals surface area contributed by atoms with Crippen LogP contribution in [0.15, 0.2) is 16.1 Å². The minimum Gasteiger partial charge on any atom is -0.376 e. The van der Waals surface area contributed by atoms with Crippen molar-refractivity contribution in [2.24, 2.45) is 4.99 Å². The Hall–Kier alpha value is -0.550. The highest BCUT2D eigenvalue weighted by Gasteiger charge is 2.15. The van der Waals surface area contributed by atoms with Crippen molar-refractivity contribution in [3.05, 3.63) is 11.1 Å². The topological polar surface area (TPSA) is 45.7 Å². The second kappa shape index (κ2) is 6.85. The number of hydrogen-bond acceptors (Lipinski definition) is 2. The minimum absolute atomic E-state index is 0.329. The van der Waals surface area contributed by atoms with E-state index in [0.29, 0.717) is 12.6 Å². The maximum absolute atomic E-state index is 5.50. The van der Waals surface area contributed by atoms with E-state index in [1.807, 2.05) is 0 Å². The number of nitrogens with one attached hydrogen (secondary N) is 2. The molecule has 1 aliphatic heterocycles. The molecule has 0 aromatic heterocycles. The summed E-state index contributed by atoms with van der Waals surface area (Å²) in [7, 11) is 1.75. The second-order valence-corrected chi connectivity index (χ2v) is 4.58. The third-order valence-corrected chi connectivity index (χ3v) is 2.47. The summed E-state index contributed by atoms with van der Waals surface area (Å²) in [5, 5.41) is 6.35. The highest BCUT2D eigenvalue weighted by molar-refractivity contribution is 9.11. The van der Waals surface area contributed by atoms with Crippen molar-refractivity contribution in [2.45, 2.75) is 18.9 Å². The van der Waals surface area contributed by atoms with Gasteiger partial charge in [-0.25, -0.2) is 0 Å². The molecule has 0 spiro atoms. The highest BCUT2D eigenvalue weighted by Crippen LogP contribution is 2.10. The second-order valence-electron chi connectivity index (χ2n) is 3.46. The predicted molar refractivity (Wildman–Crippen MR) is 66.4 cm³/mol. The first-order chi connectivity index (χ1) is 7.22. The molecular formula is C10H18BrN3O. The summed E-state index contributed by atoms with van der Waals surface area (Å²) in [5.41, 5.74) is 0. The monoisotopic (exact) mass is 275 g/mol. The summed E-state index contributed by atoms with van der Waals surface area (Å²) >= 11 is 3.29. The van der Waals surface area contributed by atoms with Crippen molar-refractivity contribution in [1.82, 2.24) is 10.6 Å². The molecular weight excluding hydrogens is 258 g/mol. The third kappa shape index (κ3) is 5.18. The van der Waals surface area contributed by atoms with Gasteiger partial charge in [0.2, 0.25) is 0 Å². The smallest absolute Gasteiger partial charge is 0.191 e. The van der Waals surface area contributed by atoms with Crippen molar-refractivity contribution in [3.8, 4) is 0 Å². The molecule has 0 saturated carbocycles. The number of ether oxygens (including phenoxy) is 1. The lowest BCUT2D eigenvalue weighted by atomic mass is 10.2. The average Bonchev–Trinajstić information content (AvgIpc) is 2.70. The minimum atomic E-state index is 0.329. The standard InChI is InChI=1S/C10H18BrN3O/c1-8(11)6-13-10(12-2)14-7-9-4-3-5-15-9/h9H,1,3-7H2,2H3,(H2,12,13,14). The van der Waals surface area contributed by atoms with Crippen LogP contribution in [0.5, 0.6) is 0 Å². The predicted octanol–water partition coefficient (Wildman–Crippen LogP) is 1.24. The van der Waals surface area contributed by atoms with Gasteiger partial charge in [0, 0.05) is 31.2 Å². The first-order valence-corrected chi connectivity index (χ1v) is 5.91. The van der Waals surface area contributed by atoms with Gasteiger partial charge in [0.1, 0.15) is 0 Å². The average molecular weight is 276 g/mol. The normalized spacial score (nSPS) is 21.5. The van der Waals surface area contributed by atoms with Crippen LogP contribution >= 0.6 is 15.9 Å².